The second-order valence-corrected chi connectivity index (χ2v) is 8.79. The summed E-state index contributed by atoms with van der Waals surface area (Å²) in [5.41, 5.74) is 1.86. The number of nitrogens with two attached hydrogens (primary N) is 1. The Morgan fingerprint density at radius 3 is 2.64 bits per heavy atom. The van der Waals surface area contributed by atoms with E-state index in [1.165, 1.54) is 28.3 Å². The van der Waals surface area contributed by atoms with Gasteiger partial charge in [-0.3, -0.25) is 4.79 Å². The summed E-state index contributed by atoms with van der Waals surface area (Å²) in [5.74, 6) is -0.866. The Balaban J connectivity index is 1.75. The molecule has 4 N–H and O–H groups in total. The quantitative estimate of drug-likeness (QED) is 0.342. The van der Waals surface area contributed by atoms with Gasteiger partial charge in [-0.1, -0.05) is 24.8 Å². The fraction of sp³-hybridized carbons (Fsp3) is 0.0909. The van der Waals surface area contributed by atoms with Crippen molar-refractivity contribution in [3.63, 3.8) is 0 Å². The molecule has 0 aliphatic rings. The number of hydrogen-bond acceptors (Lipinski definition) is 7. The van der Waals surface area contributed by atoms with Crippen LogP contribution in [0.2, 0.25) is 0 Å². The first-order valence-electron chi connectivity index (χ1n) is 9.56. The van der Waals surface area contributed by atoms with Gasteiger partial charge in [-0.2, -0.15) is 4.98 Å². The van der Waals surface area contributed by atoms with E-state index in [0.717, 1.165) is 11.8 Å². The number of nitrogens with zero attached hydrogens (tertiary/aromatic N) is 3. The summed E-state index contributed by atoms with van der Waals surface area (Å²) in [7, 11) is -1.76. The van der Waals surface area contributed by atoms with Gasteiger partial charge in [0.25, 0.3) is 0 Å². The lowest BCUT2D eigenvalue weighted by molar-refractivity contribution is -0.125. The van der Waals surface area contributed by atoms with E-state index in [2.05, 4.69) is 27.2 Å². The number of carbonyl (C=O) groups is 1. The van der Waals surface area contributed by atoms with E-state index in [1.807, 2.05) is 0 Å². The van der Waals surface area contributed by atoms with Gasteiger partial charge < -0.3 is 15.5 Å². The second-order valence-electron chi connectivity index (χ2n) is 6.95. The van der Waals surface area contributed by atoms with E-state index < -0.39 is 15.5 Å². The Labute approximate surface area is 190 Å². The van der Waals surface area contributed by atoms with Gasteiger partial charge in [-0.05, 0) is 42.0 Å². The van der Waals surface area contributed by atoms with Crippen molar-refractivity contribution in [1.29, 1.82) is 0 Å². The number of halogens is 1. The second kappa shape index (κ2) is 10.0. The Bertz CT molecular complexity index is 1330. The average Bonchev–Trinajstić information content (AvgIpc) is 2.82. The minimum atomic E-state index is -3.42. The van der Waals surface area contributed by atoms with Crippen LogP contribution in [-0.2, 0) is 25.8 Å². The van der Waals surface area contributed by atoms with Crippen molar-refractivity contribution in [2.45, 2.75) is 11.4 Å². The van der Waals surface area contributed by atoms with Crippen molar-refractivity contribution >= 4 is 44.0 Å². The maximum atomic E-state index is 14.3. The molecule has 3 rings (SSSR count). The molecular formula is C22H21FN6O3S. The lowest BCUT2D eigenvalue weighted by atomic mass is 10.2. The number of rotatable bonds is 8. The van der Waals surface area contributed by atoms with Crippen LogP contribution in [0.1, 0.15) is 5.56 Å². The molecule has 1 amide bonds. The van der Waals surface area contributed by atoms with E-state index in [9.17, 15) is 18.2 Å². The summed E-state index contributed by atoms with van der Waals surface area (Å²) in [4.78, 5) is 32.1. The summed E-state index contributed by atoms with van der Waals surface area (Å²) < 4.78 is 26.3. The minimum Gasteiger partial charge on any atom is -0.338 e. The Morgan fingerprint density at radius 2 is 1.97 bits per heavy atom. The summed E-state index contributed by atoms with van der Waals surface area (Å²) >= 11 is 0. The van der Waals surface area contributed by atoms with E-state index >= 15 is 0 Å². The van der Waals surface area contributed by atoms with Crippen molar-refractivity contribution in [2.24, 2.45) is 5.14 Å². The SMILES string of the molecule is C=CC(=O)N(C)Cc1ccc(Nc2nc(Nc3cccc(S(N)(=O)=C=O)c3)ncc2F)cc1. The molecule has 1 heterocycles. The Morgan fingerprint density at radius 1 is 1.24 bits per heavy atom. The molecule has 9 nitrogen and oxygen atoms in total. The standard InChI is InChI=1S/C22H21FN6O3S/c1-3-20(31)29(2)13-15-7-9-16(10-8-15)26-21-19(23)12-25-22(28-21)27-17-5-4-6-18(11-17)33(24,32)14-30/h3-12H,1,13H2,2H3,(H2,24,32)(H2,25,26,27,28). The molecule has 0 radical (unpaired) electrons. The third kappa shape index (κ3) is 6.01. The molecular weight excluding hydrogens is 447 g/mol. The molecule has 0 aliphatic carbocycles. The molecule has 170 valence electrons. The van der Waals surface area contributed by atoms with E-state index in [1.54, 1.807) is 43.4 Å². The van der Waals surface area contributed by atoms with Gasteiger partial charge in [0.05, 0.1) is 11.1 Å². The lowest BCUT2D eigenvalue weighted by Gasteiger charge is -2.15. The number of carbonyl (C=O) groups excluding carboxylic acids is 2. The minimum absolute atomic E-state index is 0.0656. The first-order valence-corrected chi connectivity index (χ1v) is 11.2. The molecule has 0 saturated carbocycles. The molecule has 33 heavy (non-hydrogen) atoms. The zero-order valence-electron chi connectivity index (χ0n) is 17.6. The third-order valence-corrected chi connectivity index (χ3v) is 5.70. The summed E-state index contributed by atoms with van der Waals surface area (Å²) in [5, 5.41) is 12.5. The van der Waals surface area contributed by atoms with Gasteiger partial charge in [-0.25, -0.2) is 23.5 Å². The Hall–Kier alpha value is -4.05. The molecule has 1 unspecified atom stereocenters. The molecule has 0 fully saturated rings. The number of nitrogens with one attached hydrogen (secondary N) is 2. The van der Waals surface area contributed by atoms with E-state index in [4.69, 9.17) is 5.14 Å². The van der Waals surface area contributed by atoms with Gasteiger partial charge >= 0.3 is 0 Å². The highest BCUT2D eigenvalue weighted by Crippen LogP contribution is 2.22. The largest absolute Gasteiger partial charge is 0.338 e. The zero-order valence-corrected chi connectivity index (χ0v) is 18.4. The smallest absolute Gasteiger partial charge is 0.245 e. The predicted molar refractivity (Wildman–Crippen MR) is 124 cm³/mol. The third-order valence-electron chi connectivity index (χ3n) is 4.50. The van der Waals surface area contributed by atoms with Crippen molar-refractivity contribution in [1.82, 2.24) is 14.9 Å². The maximum Gasteiger partial charge on any atom is 0.245 e. The van der Waals surface area contributed by atoms with E-state index in [-0.39, 0.29) is 22.6 Å². The molecule has 0 saturated heterocycles. The van der Waals surface area contributed by atoms with Crippen LogP contribution in [-0.4, -0.2) is 37.3 Å². The van der Waals surface area contributed by atoms with Gasteiger partial charge in [0, 0.05) is 25.0 Å². The van der Waals surface area contributed by atoms with E-state index in [0.29, 0.717) is 17.9 Å². The summed E-state index contributed by atoms with van der Waals surface area (Å²) in [6, 6.07) is 13.1. The van der Waals surface area contributed by atoms with Gasteiger partial charge in [0.1, 0.15) is 9.71 Å². The number of amides is 1. The van der Waals surface area contributed by atoms with Crippen LogP contribution in [0.25, 0.3) is 0 Å². The topological polar surface area (TPSA) is 130 Å². The fourth-order valence-electron chi connectivity index (χ4n) is 2.79. The molecule has 1 aromatic heterocycles. The van der Waals surface area contributed by atoms with Crippen LogP contribution < -0.4 is 15.8 Å². The number of hydrogen-bond donors (Lipinski definition) is 3. The van der Waals surface area contributed by atoms with Crippen LogP contribution in [0.5, 0.6) is 0 Å². The molecule has 1 atom stereocenters. The fourth-order valence-corrected chi connectivity index (χ4v) is 3.47. The van der Waals surface area contributed by atoms with Crippen LogP contribution in [0.3, 0.4) is 0 Å². The van der Waals surface area contributed by atoms with Crippen molar-refractivity contribution in [3.05, 3.63) is 78.8 Å². The Kier molecular flexibility index (Phi) is 7.19. The van der Waals surface area contributed by atoms with Crippen LogP contribution >= 0.6 is 0 Å². The lowest BCUT2D eigenvalue weighted by Crippen LogP contribution is -2.23. The summed E-state index contributed by atoms with van der Waals surface area (Å²) in [6.07, 6.45) is 2.24. The van der Waals surface area contributed by atoms with Crippen LogP contribution in [0, 0.1) is 5.82 Å². The monoisotopic (exact) mass is 468 g/mol. The van der Waals surface area contributed by atoms with Gasteiger partial charge in [0.15, 0.2) is 11.6 Å². The highest BCUT2D eigenvalue weighted by atomic mass is 32.2. The first kappa shape index (κ1) is 23.6. The molecule has 2 aromatic carbocycles. The van der Waals surface area contributed by atoms with Crippen LogP contribution in [0.4, 0.5) is 27.5 Å². The highest BCUT2D eigenvalue weighted by Gasteiger charge is 2.11. The molecule has 0 bridgehead atoms. The molecule has 3 aromatic rings. The molecule has 0 spiro atoms. The maximum absolute atomic E-state index is 14.3. The van der Waals surface area contributed by atoms with Crippen molar-refractivity contribution in [3.8, 4) is 0 Å². The zero-order chi connectivity index (χ0) is 24.0. The average molecular weight is 469 g/mol. The number of aromatic nitrogens is 2. The molecule has 0 aliphatic heterocycles. The van der Waals surface area contributed by atoms with Crippen molar-refractivity contribution in [2.75, 3.05) is 17.7 Å². The summed E-state index contributed by atoms with van der Waals surface area (Å²) in [6.45, 7) is 3.86. The number of likely N-dealkylation sites (N-methyl/N-ethyl adjacent to an activating group) is 1. The van der Waals surface area contributed by atoms with Gasteiger partial charge in [0.2, 0.25) is 17.1 Å². The highest BCUT2D eigenvalue weighted by molar-refractivity contribution is 7.98. The van der Waals surface area contributed by atoms with Crippen LogP contribution in [0.15, 0.2) is 72.3 Å². The first-order chi connectivity index (χ1) is 15.7. The van der Waals surface area contributed by atoms with Crippen molar-refractivity contribution < 1.29 is 18.2 Å². The normalized spacial score (nSPS) is 12.2. The molecule has 11 heteroatoms. The predicted octanol–water partition coefficient (Wildman–Crippen LogP) is 2.83. The number of anilines is 4. The number of benzene rings is 2. The van der Waals surface area contributed by atoms with Gasteiger partial charge in [-0.15, -0.1) is 0 Å².